The number of benzene rings is 1. The summed E-state index contributed by atoms with van der Waals surface area (Å²) in [7, 11) is 0. The van der Waals surface area contributed by atoms with Crippen LogP contribution in [0.25, 0.3) is 0 Å². The first-order valence-corrected chi connectivity index (χ1v) is 7.98. The Hall–Kier alpha value is -1.59. The molecule has 1 aromatic rings. The molecular weight excluding hydrogens is 280 g/mol. The van der Waals surface area contributed by atoms with Crippen LogP contribution in [0, 0.1) is 0 Å². The Balaban J connectivity index is 2.34. The summed E-state index contributed by atoms with van der Waals surface area (Å²) in [6.45, 7) is 6.59. The number of aliphatic hydroxyl groups excluding tert-OH is 2. The van der Waals surface area contributed by atoms with Gasteiger partial charge in [0.15, 0.2) is 0 Å². The summed E-state index contributed by atoms with van der Waals surface area (Å²) in [6.07, 6.45) is -1.38. The van der Waals surface area contributed by atoms with Gasteiger partial charge in [-0.3, -0.25) is 0 Å². The Bertz CT molecular complexity index is 494. The molecule has 4 atom stereocenters. The fourth-order valence-corrected chi connectivity index (χ4v) is 3.24. The van der Waals surface area contributed by atoms with Gasteiger partial charge < -0.3 is 20.0 Å². The van der Waals surface area contributed by atoms with Gasteiger partial charge in [0.1, 0.15) is 12.2 Å². The quantitative estimate of drug-likeness (QED) is 0.886. The van der Waals surface area contributed by atoms with E-state index in [1.165, 1.54) is 0 Å². The average Bonchev–Trinajstić information content (AvgIpc) is 2.59. The zero-order chi connectivity index (χ0) is 16.3. The first-order chi connectivity index (χ1) is 10.5. The summed E-state index contributed by atoms with van der Waals surface area (Å²) in [5.41, 5.74) is 1.04. The van der Waals surface area contributed by atoms with E-state index < -0.39 is 24.3 Å². The maximum absolute atomic E-state index is 12.7. The molecule has 0 unspecified atom stereocenters. The van der Waals surface area contributed by atoms with Crippen LogP contribution >= 0.6 is 0 Å². The molecule has 0 aliphatic carbocycles. The summed E-state index contributed by atoms with van der Waals surface area (Å²) >= 11 is 0. The Morgan fingerprint density at radius 3 is 2.14 bits per heavy atom. The third-order valence-electron chi connectivity index (χ3n) is 4.59. The first kappa shape index (κ1) is 16.8. The summed E-state index contributed by atoms with van der Waals surface area (Å²) in [5.74, 6) is 0. The van der Waals surface area contributed by atoms with Crippen molar-refractivity contribution in [2.75, 3.05) is 13.1 Å². The molecule has 2 rings (SSSR count). The topological polar surface area (TPSA) is 64.0 Å². The normalized spacial score (nSPS) is 29.6. The lowest BCUT2D eigenvalue weighted by molar-refractivity contribution is -0.0351. The molecule has 1 aliphatic heterocycles. The summed E-state index contributed by atoms with van der Waals surface area (Å²) in [4.78, 5) is 16.0. The summed E-state index contributed by atoms with van der Waals surface area (Å²) in [6, 6.07) is 8.82. The fourth-order valence-electron chi connectivity index (χ4n) is 3.24. The lowest BCUT2D eigenvalue weighted by atomic mass is 9.94. The Kier molecular flexibility index (Phi) is 5.42. The zero-order valence-corrected chi connectivity index (χ0v) is 13.5. The highest BCUT2D eigenvalue weighted by Gasteiger charge is 2.43. The number of nitrogens with zero attached hydrogens (tertiary/aromatic N) is 2. The highest BCUT2D eigenvalue weighted by molar-refractivity contribution is 5.76. The smallest absolute Gasteiger partial charge is 0.320 e. The van der Waals surface area contributed by atoms with Crippen molar-refractivity contribution in [3.05, 3.63) is 35.9 Å². The molecule has 1 heterocycles. The number of likely N-dealkylation sites (N-methyl/N-ethyl adjacent to an activating group) is 2. The number of carbonyl (C=O) groups is 1. The molecule has 5 nitrogen and oxygen atoms in total. The number of rotatable bonds is 4. The van der Waals surface area contributed by atoms with E-state index in [0.717, 1.165) is 5.56 Å². The number of hydrogen-bond acceptors (Lipinski definition) is 3. The highest BCUT2D eigenvalue weighted by atomic mass is 16.3. The first-order valence-electron chi connectivity index (χ1n) is 7.98. The van der Waals surface area contributed by atoms with Crippen molar-refractivity contribution in [3.63, 3.8) is 0 Å². The molecule has 2 N–H and O–H groups in total. The van der Waals surface area contributed by atoms with E-state index in [9.17, 15) is 15.0 Å². The van der Waals surface area contributed by atoms with Gasteiger partial charge in [-0.05, 0) is 32.8 Å². The predicted molar refractivity (Wildman–Crippen MR) is 85.6 cm³/mol. The van der Waals surface area contributed by atoms with Crippen LogP contribution in [0.4, 0.5) is 4.79 Å². The van der Waals surface area contributed by atoms with E-state index in [1.807, 2.05) is 44.2 Å². The summed E-state index contributed by atoms with van der Waals surface area (Å²) in [5, 5.41) is 21.0. The van der Waals surface area contributed by atoms with Crippen LogP contribution in [-0.4, -0.2) is 63.4 Å². The maximum Gasteiger partial charge on any atom is 0.320 e. The maximum atomic E-state index is 12.7. The molecule has 1 saturated heterocycles. The predicted octanol–water partition coefficient (Wildman–Crippen LogP) is 1.49. The van der Waals surface area contributed by atoms with Crippen LogP contribution in [0.5, 0.6) is 0 Å². The molecule has 0 spiro atoms. The van der Waals surface area contributed by atoms with E-state index in [1.54, 1.807) is 16.7 Å². The van der Waals surface area contributed by atoms with Crippen LogP contribution < -0.4 is 0 Å². The van der Waals surface area contributed by atoms with Gasteiger partial charge in [-0.25, -0.2) is 4.79 Å². The van der Waals surface area contributed by atoms with Gasteiger partial charge >= 0.3 is 6.03 Å². The molecule has 1 fully saturated rings. The van der Waals surface area contributed by atoms with Crippen molar-refractivity contribution >= 4 is 6.03 Å². The molecule has 22 heavy (non-hydrogen) atoms. The van der Waals surface area contributed by atoms with Gasteiger partial charge in [0.2, 0.25) is 0 Å². The standard InChI is InChI=1S/C17H26N2O3/c1-4-18-12(3)15(20)16(21)14(19(5-2)17(18)22)11-13-9-7-6-8-10-13/h6-10,12,14-16,20-21H,4-5,11H2,1-3H3/t12-,14-,15+,16+/m1/s1. The average molecular weight is 306 g/mol. The Morgan fingerprint density at radius 1 is 1.00 bits per heavy atom. The monoisotopic (exact) mass is 306 g/mol. The number of carbonyl (C=O) groups excluding carboxylic acids is 1. The van der Waals surface area contributed by atoms with Crippen LogP contribution in [0.3, 0.4) is 0 Å². The van der Waals surface area contributed by atoms with Gasteiger partial charge in [0.05, 0.1) is 12.1 Å². The minimum absolute atomic E-state index is 0.117. The minimum Gasteiger partial charge on any atom is -0.388 e. The van der Waals surface area contributed by atoms with Crippen LogP contribution in [0.1, 0.15) is 26.3 Å². The lowest BCUT2D eigenvalue weighted by Gasteiger charge is -2.33. The largest absolute Gasteiger partial charge is 0.388 e. The highest BCUT2D eigenvalue weighted by Crippen LogP contribution is 2.24. The fraction of sp³-hybridized carbons (Fsp3) is 0.588. The molecule has 122 valence electrons. The van der Waals surface area contributed by atoms with Crippen molar-refractivity contribution in [3.8, 4) is 0 Å². The molecule has 1 aromatic carbocycles. The van der Waals surface area contributed by atoms with Gasteiger partial charge in [-0.15, -0.1) is 0 Å². The van der Waals surface area contributed by atoms with E-state index in [-0.39, 0.29) is 6.03 Å². The lowest BCUT2D eigenvalue weighted by Crippen LogP contribution is -2.50. The van der Waals surface area contributed by atoms with Gasteiger partial charge in [0.25, 0.3) is 0 Å². The molecule has 0 aromatic heterocycles. The van der Waals surface area contributed by atoms with Crippen LogP contribution in [0.2, 0.25) is 0 Å². The van der Waals surface area contributed by atoms with Crippen molar-refractivity contribution in [2.45, 2.75) is 51.5 Å². The number of aliphatic hydroxyl groups is 2. The molecule has 1 aliphatic rings. The van der Waals surface area contributed by atoms with Gasteiger partial charge in [-0.1, -0.05) is 30.3 Å². The Labute approximate surface area is 132 Å². The van der Waals surface area contributed by atoms with Crippen molar-refractivity contribution < 1.29 is 15.0 Å². The van der Waals surface area contributed by atoms with Gasteiger partial charge in [0, 0.05) is 13.1 Å². The van der Waals surface area contributed by atoms with Crippen molar-refractivity contribution in [1.29, 1.82) is 0 Å². The van der Waals surface area contributed by atoms with E-state index >= 15 is 0 Å². The molecule has 0 radical (unpaired) electrons. The molecule has 0 saturated carbocycles. The van der Waals surface area contributed by atoms with E-state index in [2.05, 4.69) is 0 Å². The zero-order valence-electron chi connectivity index (χ0n) is 13.5. The third kappa shape index (κ3) is 3.10. The van der Waals surface area contributed by atoms with Crippen molar-refractivity contribution in [2.24, 2.45) is 0 Å². The Morgan fingerprint density at radius 2 is 1.59 bits per heavy atom. The van der Waals surface area contributed by atoms with E-state index in [0.29, 0.717) is 19.5 Å². The number of hydrogen-bond donors (Lipinski definition) is 2. The van der Waals surface area contributed by atoms with Gasteiger partial charge in [-0.2, -0.15) is 0 Å². The number of urea groups is 1. The minimum atomic E-state index is -0.962. The van der Waals surface area contributed by atoms with Crippen LogP contribution in [0.15, 0.2) is 30.3 Å². The SMILES string of the molecule is CCN1C(=O)N(CC)[C@H](Cc2ccccc2)[C@H](O)[C@@H](O)[C@H]1C. The third-order valence-corrected chi connectivity index (χ3v) is 4.59. The van der Waals surface area contributed by atoms with Crippen LogP contribution in [-0.2, 0) is 6.42 Å². The van der Waals surface area contributed by atoms with E-state index in [4.69, 9.17) is 0 Å². The molecule has 5 heteroatoms. The molecule has 0 bridgehead atoms. The van der Waals surface area contributed by atoms with Crippen molar-refractivity contribution in [1.82, 2.24) is 9.80 Å². The molecule has 2 amide bonds. The second-order valence-electron chi connectivity index (χ2n) is 5.83. The molecular formula is C17H26N2O3. The summed E-state index contributed by atoms with van der Waals surface area (Å²) < 4.78 is 0. The second kappa shape index (κ2) is 7.11. The second-order valence-corrected chi connectivity index (χ2v) is 5.83. The number of amides is 2.